The van der Waals surface area contributed by atoms with Gasteiger partial charge in [-0.05, 0) is 36.1 Å². The molecule has 0 saturated carbocycles. The van der Waals surface area contributed by atoms with Gasteiger partial charge in [0.1, 0.15) is 11.6 Å². The topological polar surface area (TPSA) is 20.2 Å². The molecule has 90 valence electrons. The van der Waals surface area contributed by atoms with Crippen LogP contribution >= 0.6 is 11.3 Å². The monoisotopic (exact) mass is 254 g/mol. The van der Waals surface area contributed by atoms with Crippen LogP contribution in [0.4, 0.5) is 8.78 Å². The maximum absolute atomic E-state index is 13.4. The summed E-state index contributed by atoms with van der Waals surface area (Å²) in [6.07, 6.45) is -0.913. The minimum Gasteiger partial charge on any atom is -0.388 e. The second-order valence-electron chi connectivity index (χ2n) is 3.85. The van der Waals surface area contributed by atoms with Crippen LogP contribution in [-0.4, -0.2) is 5.11 Å². The molecule has 0 aliphatic carbocycles. The molecular formula is C13H12F2OS. The predicted octanol–water partition coefficient (Wildman–Crippen LogP) is 3.61. The summed E-state index contributed by atoms with van der Waals surface area (Å²) >= 11 is 1.50. The summed E-state index contributed by atoms with van der Waals surface area (Å²) in [4.78, 5) is 0.967. The highest BCUT2D eigenvalue weighted by atomic mass is 32.1. The van der Waals surface area contributed by atoms with Gasteiger partial charge >= 0.3 is 0 Å². The Morgan fingerprint density at radius 1 is 1.24 bits per heavy atom. The zero-order valence-electron chi connectivity index (χ0n) is 9.28. The van der Waals surface area contributed by atoms with Gasteiger partial charge in [-0.25, -0.2) is 8.78 Å². The molecule has 2 rings (SSSR count). The van der Waals surface area contributed by atoms with Crippen LogP contribution in [-0.2, 0) is 6.42 Å². The summed E-state index contributed by atoms with van der Waals surface area (Å²) in [5.74, 6) is -1.23. The average Bonchev–Trinajstić information content (AvgIpc) is 2.70. The fourth-order valence-electron chi connectivity index (χ4n) is 1.77. The number of aliphatic hydroxyl groups is 1. The first-order chi connectivity index (χ1) is 8.09. The zero-order chi connectivity index (χ0) is 12.4. The van der Waals surface area contributed by atoms with Crippen molar-refractivity contribution in [2.75, 3.05) is 0 Å². The van der Waals surface area contributed by atoms with Gasteiger partial charge < -0.3 is 5.11 Å². The van der Waals surface area contributed by atoms with E-state index in [1.165, 1.54) is 29.5 Å². The molecule has 1 nitrogen and oxygen atoms in total. The van der Waals surface area contributed by atoms with Gasteiger partial charge in [-0.3, -0.25) is 0 Å². The van der Waals surface area contributed by atoms with Crippen LogP contribution in [0.15, 0.2) is 29.6 Å². The van der Waals surface area contributed by atoms with Gasteiger partial charge in [0.15, 0.2) is 0 Å². The molecule has 0 bridgehead atoms. The second-order valence-corrected chi connectivity index (χ2v) is 4.97. The molecule has 1 N–H and O–H groups in total. The highest BCUT2D eigenvalue weighted by Gasteiger charge is 2.17. The van der Waals surface area contributed by atoms with E-state index in [2.05, 4.69) is 0 Å². The molecular weight excluding hydrogens is 242 g/mol. The van der Waals surface area contributed by atoms with Crippen molar-refractivity contribution >= 4 is 11.3 Å². The van der Waals surface area contributed by atoms with E-state index in [-0.39, 0.29) is 12.0 Å². The smallest absolute Gasteiger partial charge is 0.129 e. The standard InChI is InChI=1S/C13H12F2OS/c1-8-9(5-6-17-8)13(16)7-10-11(14)3-2-4-12(10)15/h2-6,13,16H,7H2,1H3. The predicted molar refractivity (Wildman–Crippen MR) is 64.1 cm³/mol. The van der Waals surface area contributed by atoms with Gasteiger partial charge in [0.2, 0.25) is 0 Å². The molecule has 0 amide bonds. The van der Waals surface area contributed by atoms with Gasteiger partial charge in [-0.2, -0.15) is 0 Å². The third-order valence-corrected chi connectivity index (χ3v) is 3.58. The molecule has 1 atom stereocenters. The van der Waals surface area contributed by atoms with Gasteiger partial charge in [-0.1, -0.05) is 6.07 Å². The number of hydrogen-bond acceptors (Lipinski definition) is 2. The van der Waals surface area contributed by atoms with Crippen molar-refractivity contribution in [3.05, 3.63) is 57.3 Å². The summed E-state index contributed by atoms with van der Waals surface area (Å²) in [7, 11) is 0. The van der Waals surface area contributed by atoms with Crippen LogP contribution in [0.2, 0.25) is 0 Å². The Labute approximate surface area is 102 Å². The van der Waals surface area contributed by atoms with E-state index >= 15 is 0 Å². The van der Waals surface area contributed by atoms with Crippen molar-refractivity contribution in [3.63, 3.8) is 0 Å². The van der Waals surface area contributed by atoms with Gasteiger partial charge in [0.25, 0.3) is 0 Å². The van der Waals surface area contributed by atoms with Gasteiger partial charge in [0, 0.05) is 16.9 Å². The Hall–Kier alpha value is -1.26. The van der Waals surface area contributed by atoms with Crippen LogP contribution in [0.5, 0.6) is 0 Å². The summed E-state index contributed by atoms with van der Waals surface area (Å²) in [6, 6.07) is 5.50. The van der Waals surface area contributed by atoms with Crippen molar-refractivity contribution in [2.24, 2.45) is 0 Å². The van der Waals surface area contributed by atoms with Crippen LogP contribution in [0.1, 0.15) is 22.1 Å². The van der Waals surface area contributed by atoms with E-state index in [0.717, 1.165) is 10.4 Å². The maximum atomic E-state index is 13.4. The highest BCUT2D eigenvalue weighted by molar-refractivity contribution is 7.10. The van der Waals surface area contributed by atoms with Crippen LogP contribution in [0.25, 0.3) is 0 Å². The largest absolute Gasteiger partial charge is 0.388 e. The molecule has 1 aromatic carbocycles. The van der Waals surface area contributed by atoms with E-state index in [9.17, 15) is 13.9 Å². The number of benzene rings is 1. The molecule has 0 spiro atoms. The fourth-order valence-corrected chi connectivity index (χ4v) is 2.53. The van der Waals surface area contributed by atoms with E-state index in [1.54, 1.807) is 6.07 Å². The molecule has 2 aromatic rings. The lowest BCUT2D eigenvalue weighted by Gasteiger charge is -2.11. The SMILES string of the molecule is Cc1sccc1C(O)Cc1c(F)cccc1F. The molecule has 17 heavy (non-hydrogen) atoms. The lowest BCUT2D eigenvalue weighted by atomic mass is 10.0. The molecule has 0 saturated heterocycles. The molecule has 0 aliphatic rings. The summed E-state index contributed by atoms with van der Waals surface area (Å²) in [5.41, 5.74) is 0.670. The number of halogens is 2. The Kier molecular flexibility index (Phi) is 3.54. The van der Waals surface area contributed by atoms with E-state index < -0.39 is 17.7 Å². The number of aryl methyl sites for hydroxylation is 1. The minimum atomic E-state index is -0.868. The van der Waals surface area contributed by atoms with Crippen molar-refractivity contribution in [1.29, 1.82) is 0 Å². The molecule has 0 fully saturated rings. The fraction of sp³-hybridized carbons (Fsp3) is 0.231. The third-order valence-electron chi connectivity index (χ3n) is 2.72. The van der Waals surface area contributed by atoms with Crippen LogP contribution in [0.3, 0.4) is 0 Å². The number of aliphatic hydroxyl groups excluding tert-OH is 1. The van der Waals surface area contributed by atoms with E-state index in [0.29, 0.717) is 0 Å². The van der Waals surface area contributed by atoms with Gasteiger partial charge in [0.05, 0.1) is 6.10 Å². The van der Waals surface area contributed by atoms with Crippen molar-refractivity contribution in [3.8, 4) is 0 Å². The Morgan fingerprint density at radius 2 is 1.88 bits per heavy atom. The quantitative estimate of drug-likeness (QED) is 0.887. The Balaban J connectivity index is 2.25. The first kappa shape index (κ1) is 12.2. The normalized spacial score (nSPS) is 12.7. The zero-order valence-corrected chi connectivity index (χ0v) is 10.1. The molecule has 1 unspecified atom stereocenters. The third kappa shape index (κ3) is 2.53. The van der Waals surface area contributed by atoms with E-state index in [1.807, 2.05) is 12.3 Å². The first-order valence-corrected chi connectivity index (χ1v) is 6.12. The van der Waals surface area contributed by atoms with E-state index in [4.69, 9.17) is 0 Å². The van der Waals surface area contributed by atoms with Crippen molar-refractivity contribution in [1.82, 2.24) is 0 Å². The van der Waals surface area contributed by atoms with Gasteiger partial charge in [-0.15, -0.1) is 11.3 Å². The summed E-state index contributed by atoms with van der Waals surface area (Å²) in [6.45, 7) is 1.88. The Morgan fingerprint density at radius 3 is 2.41 bits per heavy atom. The van der Waals surface area contributed by atoms with Crippen LogP contribution in [0, 0.1) is 18.6 Å². The molecule has 1 aromatic heterocycles. The minimum absolute atomic E-state index is 0.0456. The highest BCUT2D eigenvalue weighted by Crippen LogP contribution is 2.27. The lowest BCUT2D eigenvalue weighted by Crippen LogP contribution is -2.05. The lowest BCUT2D eigenvalue weighted by molar-refractivity contribution is 0.175. The van der Waals surface area contributed by atoms with Crippen LogP contribution < -0.4 is 0 Å². The maximum Gasteiger partial charge on any atom is 0.129 e. The average molecular weight is 254 g/mol. The molecule has 0 aliphatic heterocycles. The molecule has 4 heteroatoms. The second kappa shape index (κ2) is 4.94. The van der Waals surface area contributed by atoms with Crippen molar-refractivity contribution < 1.29 is 13.9 Å². The molecule has 1 heterocycles. The number of hydrogen-bond donors (Lipinski definition) is 1. The number of thiophene rings is 1. The molecule has 0 radical (unpaired) electrons. The first-order valence-electron chi connectivity index (χ1n) is 5.24. The summed E-state index contributed by atoms with van der Waals surface area (Å²) in [5, 5.41) is 11.8. The number of rotatable bonds is 3. The van der Waals surface area contributed by atoms with Crippen molar-refractivity contribution in [2.45, 2.75) is 19.4 Å². The summed E-state index contributed by atoms with van der Waals surface area (Å²) < 4.78 is 26.8. The Bertz CT molecular complexity index is 502.